The Morgan fingerprint density at radius 2 is 2.09 bits per heavy atom. The second-order valence-corrected chi connectivity index (χ2v) is 3.34. The van der Waals surface area contributed by atoms with Crippen molar-refractivity contribution in [3.8, 4) is 0 Å². The van der Waals surface area contributed by atoms with Crippen LogP contribution in [0.4, 0.5) is 0 Å². The van der Waals surface area contributed by atoms with E-state index in [0.29, 0.717) is 0 Å². The Balaban J connectivity index is 2.91. The van der Waals surface area contributed by atoms with Gasteiger partial charge in [0.1, 0.15) is 0 Å². The predicted molar refractivity (Wildman–Crippen MR) is 49.7 cm³/mol. The Hall–Kier alpha value is -0.120. The van der Waals surface area contributed by atoms with E-state index in [-0.39, 0.29) is 6.04 Å². The summed E-state index contributed by atoms with van der Waals surface area (Å²) in [5.74, 6) is 0. The lowest BCUT2D eigenvalue weighted by Crippen LogP contribution is -2.32. The quantitative estimate of drug-likeness (QED) is 0.531. The summed E-state index contributed by atoms with van der Waals surface area (Å²) >= 11 is 0. The van der Waals surface area contributed by atoms with Gasteiger partial charge >= 0.3 is 0 Å². The Morgan fingerprint density at radius 3 is 2.55 bits per heavy atom. The molecule has 0 saturated heterocycles. The van der Waals surface area contributed by atoms with Gasteiger partial charge in [0.05, 0.1) is 0 Å². The first-order chi connectivity index (χ1) is 5.13. The fourth-order valence-electron chi connectivity index (χ4n) is 0.850. The van der Waals surface area contributed by atoms with Gasteiger partial charge in [-0.3, -0.25) is 0 Å². The van der Waals surface area contributed by atoms with Crippen molar-refractivity contribution >= 4 is 0 Å². The lowest BCUT2D eigenvalue weighted by molar-refractivity contribution is 0.393. The molecule has 0 spiro atoms. The van der Waals surface area contributed by atoms with Gasteiger partial charge < -0.3 is 16.0 Å². The molecule has 0 rings (SSSR count). The third kappa shape index (κ3) is 9.88. The van der Waals surface area contributed by atoms with Gasteiger partial charge in [-0.05, 0) is 40.5 Å². The molecule has 0 aliphatic rings. The monoisotopic (exact) mass is 159 g/mol. The fourth-order valence-corrected chi connectivity index (χ4v) is 0.850. The van der Waals surface area contributed by atoms with E-state index in [0.717, 1.165) is 19.6 Å². The topological polar surface area (TPSA) is 41.3 Å². The highest BCUT2D eigenvalue weighted by Crippen LogP contribution is 1.80. The van der Waals surface area contributed by atoms with E-state index in [9.17, 15) is 0 Å². The predicted octanol–water partition coefficient (Wildman–Crippen LogP) is -0.125. The number of rotatable bonds is 6. The van der Waals surface area contributed by atoms with Crippen LogP contribution in [0.15, 0.2) is 0 Å². The van der Waals surface area contributed by atoms with Gasteiger partial charge in [-0.25, -0.2) is 0 Å². The first-order valence-electron chi connectivity index (χ1n) is 4.24. The highest BCUT2D eigenvalue weighted by atomic mass is 15.1. The summed E-state index contributed by atoms with van der Waals surface area (Å²) in [6.45, 7) is 5.15. The molecule has 0 aromatic carbocycles. The van der Waals surface area contributed by atoms with Gasteiger partial charge in [0.25, 0.3) is 0 Å². The Kier molecular flexibility index (Phi) is 6.51. The van der Waals surface area contributed by atoms with Crippen molar-refractivity contribution in [3.05, 3.63) is 0 Å². The lowest BCUT2D eigenvalue weighted by Gasteiger charge is -2.10. The first kappa shape index (κ1) is 10.9. The molecule has 3 N–H and O–H groups in total. The molecule has 1 atom stereocenters. The maximum atomic E-state index is 5.56. The normalized spacial score (nSPS) is 13.9. The van der Waals surface area contributed by atoms with Crippen molar-refractivity contribution in [1.82, 2.24) is 10.2 Å². The van der Waals surface area contributed by atoms with Crippen molar-refractivity contribution in [2.75, 3.05) is 33.7 Å². The zero-order valence-corrected chi connectivity index (χ0v) is 7.93. The van der Waals surface area contributed by atoms with Gasteiger partial charge in [-0.15, -0.1) is 0 Å². The smallest absolute Gasteiger partial charge is 0.0136 e. The van der Waals surface area contributed by atoms with E-state index in [4.69, 9.17) is 5.73 Å². The molecule has 0 bridgehead atoms. The first-order valence-corrected chi connectivity index (χ1v) is 4.24. The van der Waals surface area contributed by atoms with E-state index < -0.39 is 0 Å². The van der Waals surface area contributed by atoms with Gasteiger partial charge in [0.2, 0.25) is 0 Å². The molecule has 0 radical (unpaired) electrons. The van der Waals surface area contributed by atoms with Crippen LogP contribution in [0.5, 0.6) is 0 Å². The number of hydrogen-bond donors (Lipinski definition) is 2. The van der Waals surface area contributed by atoms with Crippen molar-refractivity contribution in [2.24, 2.45) is 5.73 Å². The zero-order chi connectivity index (χ0) is 8.69. The molecule has 68 valence electrons. The zero-order valence-electron chi connectivity index (χ0n) is 7.93. The summed E-state index contributed by atoms with van der Waals surface area (Å²) in [4.78, 5) is 2.19. The van der Waals surface area contributed by atoms with Crippen LogP contribution in [0, 0.1) is 0 Å². The highest BCUT2D eigenvalue weighted by Gasteiger charge is 1.92. The molecule has 0 aromatic heterocycles. The maximum absolute atomic E-state index is 5.56. The summed E-state index contributed by atoms with van der Waals surface area (Å²) in [5.41, 5.74) is 5.56. The highest BCUT2D eigenvalue weighted by molar-refractivity contribution is 4.57. The van der Waals surface area contributed by atoms with Crippen LogP contribution < -0.4 is 11.1 Å². The molecule has 3 heteroatoms. The average molecular weight is 159 g/mol. The van der Waals surface area contributed by atoms with Crippen LogP contribution in [0.1, 0.15) is 13.3 Å². The maximum Gasteiger partial charge on any atom is 0.0136 e. The van der Waals surface area contributed by atoms with Crippen molar-refractivity contribution < 1.29 is 0 Å². The number of nitrogens with one attached hydrogen (secondary N) is 1. The minimum Gasteiger partial charge on any atom is -0.327 e. The SMILES string of the molecule is CC(N)CNCCCN(C)C. The van der Waals surface area contributed by atoms with E-state index in [1.54, 1.807) is 0 Å². The Morgan fingerprint density at radius 1 is 1.45 bits per heavy atom. The van der Waals surface area contributed by atoms with Crippen LogP contribution in [0.3, 0.4) is 0 Å². The fraction of sp³-hybridized carbons (Fsp3) is 1.00. The molecule has 11 heavy (non-hydrogen) atoms. The van der Waals surface area contributed by atoms with Crippen molar-refractivity contribution in [2.45, 2.75) is 19.4 Å². The number of hydrogen-bond acceptors (Lipinski definition) is 3. The van der Waals surface area contributed by atoms with Gasteiger partial charge in [-0.1, -0.05) is 0 Å². The number of nitrogens with zero attached hydrogens (tertiary/aromatic N) is 1. The molecule has 0 heterocycles. The van der Waals surface area contributed by atoms with Crippen LogP contribution in [-0.2, 0) is 0 Å². The standard InChI is InChI=1S/C8H21N3/c1-8(9)7-10-5-4-6-11(2)3/h8,10H,4-7,9H2,1-3H3. The third-order valence-electron chi connectivity index (χ3n) is 1.43. The summed E-state index contributed by atoms with van der Waals surface area (Å²) < 4.78 is 0. The minimum atomic E-state index is 0.273. The average Bonchev–Trinajstić information content (AvgIpc) is 1.85. The van der Waals surface area contributed by atoms with Gasteiger partial charge in [0, 0.05) is 12.6 Å². The number of nitrogens with two attached hydrogens (primary N) is 1. The minimum absolute atomic E-state index is 0.273. The van der Waals surface area contributed by atoms with E-state index in [1.165, 1.54) is 6.42 Å². The summed E-state index contributed by atoms with van der Waals surface area (Å²) in [6, 6.07) is 0.273. The lowest BCUT2D eigenvalue weighted by atomic mass is 10.3. The van der Waals surface area contributed by atoms with Gasteiger partial charge in [-0.2, -0.15) is 0 Å². The van der Waals surface area contributed by atoms with Crippen molar-refractivity contribution in [1.29, 1.82) is 0 Å². The van der Waals surface area contributed by atoms with E-state index >= 15 is 0 Å². The molecular weight excluding hydrogens is 138 g/mol. The molecular formula is C8H21N3. The molecule has 0 saturated carbocycles. The van der Waals surface area contributed by atoms with E-state index in [2.05, 4.69) is 24.3 Å². The second kappa shape index (κ2) is 6.58. The molecule has 3 nitrogen and oxygen atoms in total. The van der Waals surface area contributed by atoms with Gasteiger partial charge in [0.15, 0.2) is 0 Å². The molecule has 0 amide bonds. The van der Waals surface area contributed by atoms with Crippen molar-refractivity contribution in [3.63, 3.8) is 0 Å². The van der Waals surface area contributed by atoms with Crippen LogP contribution in [0.2, 0.25) is 0 Å². The Bertz CT molecular complexity index is 71.4. The molecule has 1 unspecified atom stereocenters. The third-order valence-corrected chi connectivity index (χ3v) is 1.43. The largest absolute Gasteiger partial charge is 0.327 e. The molecule has 0 aliphatic heterocycles. The van der Waals surface area contributed by atoms with Crippen LogP contribution in [-0.4, -0.2) is 44.7 Å². The van der Waals surface area contributed by atoms with Crippen LogP contribution >= 0.6 is 0 Å². The van der Waals surface area contributed by atoms with E-state index in [1.807, 2.05) is 6.92 Å². The van der Waals surface area contributed by atoms with Crippen LogP contribution in [0.25, 0.3) is 0 Å². The summed E-state index contributed by atoms with van der Waals surface area (Å²) in [7, 11) is 4.18. The second-order valence-electron chi connectivity index (χ2n) is 3.34. The molecule has 0 fully saturated rings. The molecule has 0 aromatic rings. The summed E-state index contributed by atoms with van der Waals surface area (Å²) in [6.07, 6.45) is 1.19. The summed E-state index contributed by atoms with van der Waals surface area (Å²) in [5, 5.41) is 3.29. The Labute approximate surface area is 69.9 Å². The molecule has 0 aliphatic carbocycles.